The Hall–Kier alpha value is -0.110. The third kappa shape index (κ3) is 2.52. The first-order valence-electron chi connectivity index (χ1n) is 6.54. The van der Waals surface area contributed by atoms with Crippen LogP contribution < -0.4 is 5.73 Å². The molecular weight excluding hydrogens is 189 g/mol. The fourth-order valence-electron chi connectivity index (χ4n) is 3.45. The van der Waals surface area contributed by atoms with Crippen LogP contribution in [0.1, 0.15) is 58.3 Å². The highest BCUT2D eigenvalue weighted by Gasteiger charge is 2.43. The fourth-order valence-corrected chi connectivity index (χ4v) is 3.45. The maximum absolute atomic E-state index is 14.8. The third-order valence-corrected chi connectivity index (χ3v) is 4.52. The first-order valence-corrected chi connectivity index (χ1v) is 6.54. The summed E-state index contributed by atoms with van der Waals surface area (Å²) >= 11 is 0. The van der Waals surface area contributed by atoms with Gasteiger partial charge in [-0.25, -0.2) is 4.39 Å². The van der Waals surface area contributed by atoms with Gasteiger partial charge in [0.25, 0.3) is 0 Å². The van der Waals surface area contributed by atoms with Crippen molar-refractivity contribution in [3.63, 3.8) is 0 Å². The molecule has 15 heavy (non-hydrogen) atoms. The Morgan fingerprint density at radius 3 is 2.40 bits per heavy atom. The molecule has 2 N–H and O–H groups in total. The second-order valence-corrected chi connectivity index (χ2v) is 5.85. The molecule has 2 aliphatic carbocycles. The largest absolute Gasteiger partial charge is 0.328 e. The van der Waals surface area contributed by atoms with Crippen molar-refractivity contribution in [3.8, 4) is 0 Å². The molecule has 0 aliphatic heterocycles. The van der Waals surface area contributed by atoms with Crippen molar-refractivity contribution in [2.75, 3.05) is 0 Å². The number of hydrogen-bond donors (Lipinski definition) is 1. The van der Waals surface area contributed by atoms with Crippen molar-refractivity contribution in [2.45, 2.75) is 70.0 Å². The Balaban J connectivity index is 1.95. The first-order chi connectivity index (χ1) is 7.10. The minimum atomic E-state index is -0.919. The van der Waals surface area contributed by atoms with E-state index in [9.17, 15) is 4.39 Å². The summed E-state index contributed by atoms with van der Waals surface area (Å²) in [6.45, 7) is 2.29. The van der Waals surface area contributed by atoms with Gasteiger partial charge in [-0.05, 0) is 50.4 Å². The molecule has 2 unspecified atom stereocenters. The zero-order chi connectivity index (χ0) is 10.9. The lowest BCUT2D eigenvalue weighted by molar-refractivity contribution is 0.00683. The van der Waals surface area contributed by atoms with Crippen LogP contribution in [0.3, 0.4) is 0 Å². The highest BCUT2D eigenvalue weighted by atomic mass is 19.1. The Labute approximate surface area is 92.6 Å². The summed E-state index contributed by atoms with van der Waals surface area (Å²) < 4.78 is 14.8. The van der Waals surface area contributed by atoms with Gasteiger partial charge in [0.05, 0.1) is 0 Å². The lowest BCUT2D eigenvalue weighted by Crippen LogP contribution is -2.44. The summed E-state index contributed by atoms with van der Waals surface area (Å²) in [5, 5.41) is 0. The number of nitrogens with two attached hydrogens (primary N) is 1. The average Bonchev–Trinajstić information content (AvgIpc) is 2.18. The molecule has 2 fully saturated rings. The van der Waals surface area contributed by atoms with Crippen molar-refractivity contribution < 1.29 is 4.39 Å². The van der Waals surface area contributed by atoms with Crippen molar-refractivity contribution in [3.05, 3.63) is 0 Å². The monoisotopic (exact) mass is 213 g/mol. The maximum Gasteiger partial charge on any atom is 0.115 e. The van der Waals surface area contributed by atoms with Crippen molar-refractivity contribution in [1.29, 1.82) is 0 Å². The minimum Gasteiger partial charge on any atom is -0.328 e. The Morgan fingerprint density at radius 1 is 1.13 bits per heavy atom. The van der Waals surface area contributed by atoms with E-state index < -0.39 is 5.67 Å². The summed E-state index contributed by atoms with van der Waals surface area (Å²) in [5.41, 5.74) is 4.99. The summed E-state index contributed by atoms with van der Waals surface area (Å²) in [4.78, 5) is 0. The highest BCUT2D eigenvalue weighted by Crippen LogP contribution is 2.44. The zero-order valence-electron chi connectivity index (χ0n) is 9.84. The normalized spacial score (nSPS) is 47.8. The molecule has 2 aliphatic rings. The van der Waals surface area contributed by atoms with Crippen LogP contribution in [0.25, 0.3) is 0 Å². The molecule has 0 aromatic heterocycles. The first kappa shape index (κ1) is 11.4. The van der Waals surface area contributed by atoms with E-state index in [1.54, 1.807) is 0 Å². The Bertz CT molecular complexity index is 211. The quantitative estimate of drug-likeness (QED) is 0.709. The molecule has 0 aromatic carbocycles. The van der Waals surface area contributed by atoms with Crippen LogP contribution in [0, 0.1) is 11.8 Å². The van der Waals surface area contributed by atoms with E-state index in [2.05, 4.69) is 6.92 Å². The molecule has 0 radical (unpaired) electrons. The molecule has 0 aromatic rings. The van der Waals surface area contributed by atoms with Gasteiger partial charge in [-0.2, -0.15) is 0 Å². The topological polar surface area (TPSA) is 26.0 Å². The molecule has 0 saturated heterocycles. The maximum atomic E-state index is 14.8. The second-order valence-electron chi connectivity index (χ2n) is 5.85. The fraction of sp³-hybridized carbons (Fsp3) is 1.00. The van der Waals surface area contributed by atoms with Crippen LogP contribution in [-0.2, 0) is 0 Å². The van der Waals surface area contributed by atoms with E-state index in [4.69, 9.17) is 5.73 Å². The SMILES string of the molecule is CC1CCC(C2(F)CCCC(N)C2)CC1. The molecule has 0 bridgehead atoms. The number of alkyl halides is 1. The third-order valence-electron chi connectivity index (χ3n) is 4.52. The zero-order valence-corrected chi connectivity index (χ0v) is 9.84. The van der Waals surface area contributed by atoms with Crippen LogP contribution >= 0.6 is 0 Å². The molecule has 0 heterocycles. The van der Waals surface area contributed by atoms with Gasteiger partial charge >= 0.3 is 0 Å². The molecular formula is C13H24FN. The molecule has 1 nitrogen and oxygen atoms in total. The predicted octanol–water partition coefficient (Wildman–Crippen LogP) is 3.42. The molecule has 2 saturated carbocycles. The summed E-state index contributed by atoms with van der Waals surface area (Å²) in [6, 6.07) is 0.114. The second kappa shape index (κ2) is 4.40. The molecule has 0 amide bonds. The van der Waals surface area contributed by atoms with Gasteiger partial charge in [0.15, 0.2) is 0 Å². The Morgan fingerprint density at radius 2 is 1.80 bits per heavy atom. The average molecular weight is 213 g/mol. The van der Waals surface area contributed by atoms with Crippen LogP contribution in [0.4, 0.5) is 4.39 Å². The van der Waals surface area contributed by atoms with Gasteiger partial charge in [-0.1, -0.05) is 19.8 Å². The summed E-state index contributed by atoms with van der Waals surface area (Å²) in [6.07, 6.45) is 8.00. The van der Waals surface area contributed by atoms with E-state index in [-0.39, 0.29) is 6.04 Å². The summed E-state index contributed by atoms with van der Waals surface area (Å²) in [7, 11) is 0. The standard InChI is InChI=1S/C13H24FN/c1-10-4-6-11(7-5-10)13(14)8-2-3-12(15)9-13/h10-12H,2-9,15H2,1H3. The van der Waals surface area contributed by atoms with E-state index in [0.29, 0.717) is 12.3 Å². The molecule has 0 spiro atoms. The Kier molecular flexibility index (Phi) is 3.34. The number of halogens is 1. The summed E-state index contributed by atoms with van der Waals surface area (Å²) in [5.74, 6) is 1.11. The highest BCUT2D eigenvalue weighted by molar-refractivity contribution is 4.95. The van der Waals surface area contributed by atoms with E-state index in [1.807, 2.05) is 0 Å². The van der Waals surface area contributed by atoms with Crippen LogP contribution in [0.2, 0.25) is 0 Å². The van der Waals surface area contributed by atoms with Gasteiger partial charge in [0, 0.05) is 6.04 Å². The molecule has 2 heteroatoms. The van der Waals surface area contributed by atoms with Crippen LogP contribution in [0.5, 0.6) is 0 Å². The minimum absolute atomic E-state index is 0.114. The van der Waals surface area contributed by atoms with E-state index in [1.165, 1.54) is 12.8 Å². The van der Waals surface area contributed by atoms with E-state index >= 15 is 0 Å². The lowest BCUT2D eigenvalue weighted by atomic mass is 9.68. The molecule has 2 rings (SSSR count). The van der Waals surface area contributed by atoms with Gasteiger partial charge < -0.3 is 5.73 Å². The van der Waals surface area contributed by atoms with Gasteiger partial charge in [0.2, 0.25) is 0 Å². The van der Waals surface area contributed by atoms with E-state index in [0.717, 1.165) is 38.0 Å². The van der Waals surface area contributed by atoms with Crippen molar-refractivity contribution in [1.82, 2.24) is 0 Å². The number of rotatable bonds is 1. The van der Waals surface area contributed by atoms with Crippen molar-refractivity contribution >= 4 is 0 Å². The van der Waals surface area contributed by atoms with Crippen LogP contribution in [0.15, 0.2) is 0 Å². The van der Waals surface area contributed by atoms with Crippen molar-refractivity contribution in [2.24, 2.45) is 17.6 Å². The van der Waals surface area contributed by atoms with Gasteiger partial charge in [-0.15, -0.1) is 0 Å². The van der Waals surface area contributed by atoms with Gasteiger partial charge in [-0.3, -0.25) is 0 Å². The van der Waals surface area contributed by atoms with Gasteiger partial charge in [0.1, 0.15) is 5.67 Å². The predicted molar refractivity (Wildman–Crippen MR) is 61.4 cm³/mol. The smallest absolute Gasteiger partial charge is 0.115 e. The number of hydrogen-bond acceptors (Lipinski definition) is 1. The lowest BCUT2D eigenvalue weighted by Gasteiger charge is -2.42. The molecule has 88 valence electrons. The van der Waals surface area contributed by atoms with Crippen LogP contribution in [-0.4, -0.2) is 11.7 Å². The molecule has 2 atom stereocenters.